The Bertz CT molecular complexity index is 1460. The summed E-state index contributed by atoms with van der Waals surface area (Å²) in [6.07, 6.45) is 0. The number of benzene rings is 3. The minimum Gasteiger partial charge on any atom is -0.326 e. The molecule has 0 saturated heterocycles. The van der Waals surface area contributed by atoms with Gasteiger partial charge in [0.15, 0.2) is 5.69 Å². The zero-order chi connectivity index (χ0) is 24.1. The number of hydrogen-bond donors (Lipinski definition) is 2. The van der Waals surface area contributed by atoms with E-state index >= 15 is 0 Å². The van der Waals surface area contributed by atoms with E-state index in [1.54, 1.807) is 49.4 Å². The van der Waals surface area contributed by atoms with Crippen LogP contribution in [0.1, 0.15) is 35.5 Å². The van der Waals surface area contributed by atoms with E-state index < -0.39 is 5.91 Å². The molecule has 0 fully saturated rings. The zero-order valence-corrected chi connectivity index (χ0v) is 18.8. The summed E-state index contributed by atoms with van der Waals surface area (Å²) >= 11 is 0. The maximum absolute atomic E-state index is 13.1. The van der Waals surface area contributed by atoms with Gasteiger partial charge in [0, 0.05) is 18.0 Å². The number of anilines is 1. The van der Waals surface area contributed by atoms with Crippen molar-refractivity contribution in [2.45, 2.75) is 20.4 Å². The highest BCUT2D eigenvalue weighted by Crippen LogP contribution is 2.15. The molecule has 0 aliphatic heterocycles. The molecule has 0 radical (unpaired) electrons. The van der Waals surface area contributed by atoms with Crippen LogP contribution in [0.4, 0.5) is 5.69 Å². The SMILES string of the molecule is CC(=O)Nc1cccc(/C(C)=N/NC(=O)c2nn(Cc3ccccc3)c(=O)c3ccccc23)c1. The number of hydrogen-bond acceptors (Lipinski definition) is 5. The van der Waals surface area contributed by atoms with Gasteiger partial charge in [-0.05, 0) is 36.2 Å². The molecule has 2 amide bonds. The molecule has 0 bridgehead atoms. The minimum absolute atomic E-state index is 0.106. The van der Waals surface area contributed by atoms with E-state index in [1.807, 2.05) is 36.4 Å². The fourth-order valence-corrected chi connectivity index (χ4v) is 3.54. The topological polar surface area (TPSA) is 105 Å². The number of fused-ring (bicyclic) bond motifs is 1. The first-order valence-electron chi connectivity index (χ1n) is 10.7. The molecule has 2 N–H and O–H groups in total. The van der Waals surface area contributed by atoms with Crippen LogP contribution < -0.4 is 16.3 Å². The van der Waals surface area contributed by atoms with Gasteiger partial charge in [-0.25, -0.2) is 10.1 Å². The van der Waals surface area contributed by atoms with Crippen molar-refractivity contribution in [2.75, 3.05) is 5.32 Å². The van der Waals surface area contributed by atoms with Crippen LogP contribution in [-0.2, 0) is 11.3 Å². The molecule has 0 spiro atoms. The summed E-state index contributed by atoms with van der Waals surface area (Å²) in [7, 11) is 0. The van der Waals surface area contributed by atoms with Gasteiger partial charge in [-0.15, -0.1) is 0 Å². The predicted octanol–water partition coefficient (Wildman–Crippen LogP) is 3.56. The highest BCUT2D eigenvalue weighted by atomic mass is 16.2. The average molecular weight is 454 g/mol. The number of nitrogens with zero attached hydrogens (tertiary/aromatic N) is 3. The van der Waals surface area contributed by atoms with Gasteiger partial charge >= 0.3 is 0 Å². The number of amides is 2. The molecule has 34 heavy (non-hydrogen) atoms. The number of aromatic nitrogens is 2. The molecule has 4 rings (SSSR count). The van der Waals surface area contributed by atoms with Crippen molar-refractivity contribution in [3.05, 3.63) is 106 Å². The number of carbonyl (C=O) groups excluding carboxylic acids is 2. The third-order valence-corrected chi connectivity index (χ3v) is 5.18. The van der Waals surface area contributed by atoms with Crippen LogP contribution in [0, 0.1) is 0 Å². The Morgan fingerprint density at radius 1 is 0.912 bits per heavy atom. The summed E-state index contributed by atoms with van der Waals surface area (Å²) in [5.41, 5.74) is 5.18. The molecular weight excluding hydrogens is 430 g/mol. The molecule has 0 saturated carbocycles. The van der Waals surface area contributed by atoms with E-state index in [0.717, 1.165) is 11.1 Å². The van der Waals surface area contributed by atoms with Crippen molar-refractivity contribution in [2.24, 2.45) is 5.10 Å². The Balaban J connectivity index is 1.65. The van der Waals surface area contributed by atoms with Gasteiger partial charge in [0.05, 0.1) is 17.6 Å². The molecule has 170 valence electrons. The monoisotopic (exact) mass is 453 g/mol. The predicted molar refractivity (Wildman–Crippen MR) is 132 cm³/mol. The third kappa shape index (κ3) is 5.07. The van der Waals surface area contributed by atoms with E-state index in [2.05, 4.69) is 20.9 Å². The van der Waals surface area contributed by atoms with Crippen molar-refractivity contribution < 1.29 is 9.59 Å². The largest absolute Gasteiger partial charge is 0.326 e. The maximum atomic E-state index is 13.1. The molecule has 8 nitrogen and oxygen atoms in total. The molecule has 0 atom stereocenters. The zero-order valence-electron chi connectivity index (χ0n) is 18.8. The van der Waals surface area contributed by atoms with Crippen LogP contribution in [-0.4, -0.2) is 27.3 Å². The summed E-state index contributed by atoms with van der Waals surface area (Å²) in [5.74, 6) is -0.709. The second kappa shape index (κ2) is 9.91. The van der Waals surface area contributed by atoms with E-state index in [-0.39, 0.29) is 23.7 Å². The second-order valence-electron chi connectivity index (χ2n) is 7.74. The van der Waals surface area contributed by atoms with E-state index in [9.17, 15) is 14.4 Å². The Hall–Kier alpha value is -4.59. The van der Waals surface area contributed by atoms with Crippen LogP contribution >= 0.6 is 0 Å². The molecule has 3 aromatic carbocycles. The lowest BCUT2D eigenvalue weighted by atomic mass is 10.1. The first kappa shape index (κ1) is 22.6. The molecule has 0 aliphatic carbocycles. The highest BCUT2D eigenvalue weighted by Gasteiger charge is 2.17. The fourth-order valence-electron chi connectivity index (χ4n) is 3.54. The molecule has 4 aromatic rings. The van der Waals surface area contributed by atoms with Crippen LogP contribution in [0.5, 0.6) is 0 Å². The van der Waals surface area contributed by atoms with Crippen molar-refractivity contribution in [3.63, 3.8) is 0 Å². The van der Waals surface area contributed by atoms with Crippen LogP contribution in [0.2, 0.25) is 0 Å². The number of hydrazone groups is 1. The molecule has 1 aromatic heterocycles. The molecule has 0 unspecified atom stereocenters. The van der Waals surface area contributed by atoms with Crippen LogP contribution in [0.15, 0.2) is 88.8 Å². The first-order chi connectivity index (χ1) is 16.4. The summed E-state index contributed by atoms with van der Waals surface area (Å²) in [4.78, 5) is 37.4. The van der Waals surface area contributed by atoms with E-state index in [1.165, 1.54) is 11.6 Å². The Morgan fingerprint density at radius 3 is 2.35 bits per heavy atom. The number of carbonyl (C=O) groups is 2. The maximum Gasteiger partial charge on any atom is 0.292 e. The van der Waals surface area contributed by atoms with Crippen molar-refractivity contribution in [3.8, 4) is 0 Å². The number of rotatable bonds is 6. The molecule has 1 heterocycles. The second-order valence-corrected chi connectivity index (χ2v) is 7.74. The summed E-state index contributed by atoms with van der Waals surface area (Å²) in [6, 6.07) is 23.5. The van der Waals surface area contributed by atoms with Crippen molar-refractivity contribution in [1.82, 2.24) is 15.2 Å². The van der Waals surface area contributed by atoms with Crippen LogP contribution in [0.25, 0.3) is 10.8 Å². The normalized spacial score (nSPS) is 11.3. The van der Waals surface area contributed by atoms with Gasteiger partial charge in [0.2, 0.25) is 5.91 Å². The summed E-state index contributed by atoms with van der Waals surface area (Å²) in [6.45, 7) is 3.42. The molecule has 0 aliphatic rings. The third-order valence-electron chi connectivity index (χ3n) is 5.18. The summed E-state index contributed by atoms with van der Waals surface area (Å²) < 4.78 is 1.29. The van der Waals surface area contributed by atoms with Crippen LogP contribution in [0.3, 0.4) is 0 Å². The first-order valence-corrected chi connectivity index (χ1v) is 10.7. The molecule has 8 heteroatoms. The van der Waals surface area contributed by atoms with Gasteiger partial charge in [0.1, 0.15) is 0 Å². The lowest BCUT2D eigenvalue weighted by Crippen LogP contribution is -2.29. The average Bonchev–Trinajstić information content (AvgIpc) is 2.84. The standard InChI is InChI=1S/C26H23N5O3/c1-17(20-11-8-12-21(15-20)27-18(2)32)28-29-25(33)24-22-13-6-7-14-23(22)26(34)31(30-24)16-19-9-4-3-5-10-19/h3-15H,16H2,1-2H3,(H,27,32)(H,29,33)/b28-17+. The Kier molecular flexibility index (Phi) is 6.59. The van der Waals surface area contributed by atoms with Crippen molar-refractivity contribution in [1.29, 1.82) is 0 Å². The van der Waals surface area contributed by atoms with Crippen molar-refractivity contribution >= 4 is 34.0 Å². The minimum atomic E-state index is -0.532. The van der Waals surface area contributed by atoms with Gasteiger partial charge < -0.3 is 5.32 Å². The highest BCUT2D eigenvalue weighted by molar-refractivity contribution is 6.06. The Labute approximate surface area is 195 Å². The summed E-state index contributed by atoms with van der Waals surface area (Å²) in [5, 5.41) is 12.2. The molecular formula is C26H23N5O3. The van der Waals surface area contributed by atoms with Gasteiger partial charge in [0.25, 0.3) is 11.5 Å². The lowest BCUT2D eigenvalue weighted by molar-refractivity contribution is -0.114. The fraction of sp³-hybridized carbons (Fsp3) is 0.115. The van der Waals surface area contributed by atoms with Gasteiger partial charge in [-0.1, -0.05) is 60.7 Å². The Morgan fingerprint density at radius 2 is 1.62 bits per heavy atom. The lowest BCUT2D eigenvalue weighted by Gasteiger charge is -2.11. The number of nitrogens with one attached hydrogen (secondary N) is 2. The quantitative estimate of drug-likeness (QED) is 0.344. The van der Waals surface area contributed by atoms with E-state index in [4.69, 9.17) is 0 Å². The van der Waals surface area contributed by atoms with Gasteiger partial charge in [-0.3, -0.25) is 14.4 Å². The van der Waals surface area contributed by atoms with Gasteiger partial charge in [-0.2, -0.15) is 10.2 Å². The smallest absolute Gasteiger partial charge is 0.292 e. The van der Waals surface area contributed by atoms with E-state index in [0.29, 0.717) is 22.2 Å².